The standard InChI is InChI=1S/C17H12BrNO2/c18-15-8-7-14(10-16(15)20)19-17(21)13-6-5-11-3-1-2-4-12(11)9-13/h1-10,20H,(H,19,21). The van der Waals surface area contributed by atoms with E-state index in [1.807, 2.05) is 36.4 Å². The van der Waals surface area contributed by atoms with Crippen molar-refractivity contribution >= 4 is 38.3 Å². The zero-order chi connectivity index (χ0) is 14.8. The maximum Gasteiger partial charge on any atom is 0.255 e. The first-order valence-electron chi connectivity index (χ1n) is 6.42. The van der Waals surface area contributed by atoms with E-state index in [4.69, 9.17) is 0 Å². The van der Waals surface area contributed by atoms with Crippen LogP contribution < -0.4 is 5.32 Å². The predicted octanol–water partition coefficient (Wildman–Crippen LogP) is 4.56. The van der Waals surface area contributed by atoms with Crippen LogP contribution in [-0.4, -0.2) is 11.0 Å². The molecule has 3 nitrogen and oxygen atoms in total. The van der Waals surface area contributed by atoms with Crippen molar-refractivity contribution in [3.05, 3.63) is 70.7 Å². The average molecular weight is 342 g/mol. The zero-order valence-electron chi connectivity index (χ0n) is 11.0. The van der Waals surface area contributed by atoms with Gasteiger partial charge in [0.1, 0.15) is 5.75 Å². The number of phenolic OH excluding ortho intramolecular Hbond substituents is 1. The van der Waals surface area contributed by atoms with Gasteiger partial charge in [0.05, 0.1) is 4.47 Å². The van der Waals surface area contributed by atoms with Crippen LogP contribution in [0.2, 0.25) is 0 Å². The quantitative estimate of drug-likeness (QED) is 0.717. The number of rotatable bonds is 2. The van der Waals surface area contributed by atoms with Crippen LogP contribution in [-0.2, 0) is 0 Å². The Labute approximate surface area is 130 Å². The van der Waals surface area contributed by atoms with E-state index in [0.717, 1.165) is 10.8 Å². The smallest absolute Gasteiger partial charge is 0.255 e. The highest BCUT2D eigenvalue weighted by molar-refractivity contribution is 9.10. The van der Waals surface area contributed by atoms with Crippen molar-refractivity contribution in [1.82, 2.24) is 0 Å². The SMILES string of the molecule is O=C(Nc1ccc(Br)c(O)c1)c1ccc2ccccc2c1. The van der Waals surface area contributed by atoms with Gasteiger partial charge >= 0.3 is 0 Å². The Morgan fingerprint density at radius 2 is 1.71 bits per heavy atom. The van der Waals surface area contributed by atoms with E-state index in [9.17, 15) is 9.90 Å². The first-order valence-corrected chi connectivity index (χ1v) is 7.21. The zero-order valence-corrected chi connectivity index (χ0v) is 12.6. The maximum absolute atomic E-state index is 12.2. The summed E-state index contributed by atoms with van der Waals surface area (Å²) in [6.07, 6.45) is 0. The minimum absolute atomic E-state index is 0.0892. The minimum Gasteiger partial charge on any atom is -0.507 e. The van der Waals surface area contributed by atoms with Gasteiger partial charge in [0.2, 0.25) is 0 Å². The van der Waals surface area contributed by atoms with Gasteiger partial charge in [0.15, 0.2) is 0 Å². The summed E-state index contributed by atoms with van der Waals surface area (Å²) in [5, 5.41) is 14.5. The van der Waals surface area contributed by atoms with Crippen LogP contribution in [0.4, 0.5) is 5.69 Å². The van der Waals surface area contributed by atoms with Gasteiger partial charge in [-0.25, -0.2) is 0 Å². The number of hydrogen-bond donors (Lipinski definition) is 2. The molecule has 0 saturated carbocycles. The molecule has 0 saturated heterocycles. The number of hydrogen-bond acceptors (Lipinski definition) is 2. The summed E-state index contributed by atoms with van der Waals surface area (Å²) in [7, 11) is 0. The summed E-state index contributed by atoms with van der Waals surface area (Å²) in [6, 6.07) is 18.4. The van der Waals surface area contributed by atoms with Crippen LogP contribution >= 0.6 is 15.9 Å². The Kier molecular flexibility index (Phi) is 3.62. The molecule has 0 atom stereocenters. The van der Waals surface area contributed by atoms with Gasteiger partial charge in [-0.05, 0) is 51.0 Å². The first kappa shape index (κ1) is 13.6. The molecule has 0 aliphatic carbocycles. The summed E-state index contributed by atoms with van der Waals surface area (Å²) in [4.78, 5) is 12.2. The summed E-state index contributed by atoms with van der Waals surface area (Å²) < 4.78 is 0.589. The summed E-state index contributed by atoms with van der Waals surface area (Å²) in [6.45, 7) is 0. The van der Waals surface area contributed by atoms with Gasteiger partial charge in [0.25, 0.3) is 5.91 Å². The fraction of sp³-hybridized carbons (Fsp3) is 0. The van der Waals surface area contributed by atoms with E-state index in [1.54, 1.807) is 18.2 Å². The molecule has 3 aromatic carbocycles. The topological polar surface area (TPSA) is 49.3 Å². The van der Waals surface area contributed by atoms with Gasteiger partial charge in [0, 0.05) is 17.3 Å². The number of halogens is 1. The fourth-order valence-corrected chi connectivity index (χ4v) is 2.37. The molecule has 0 heterocycles. The third-order valence-corrected chi connectivity index (χ3v) is 3.89. The molecule has 0 fully saturated rings. The summed E-state index contributed by atoms with van der Waals surface area (Å²) in [5.74, 6) is -0.117. The van der Waals surface area contributed by atoms with E-state index in [0.29, 0.717) is 15.7 Å². The number of carbonyl (C=O) groups is 1. The number of benzene rings is 3. The number of nitrogens with one attached hydrogen (secondary N) is 1. The van der Waals surface area contributed by atoms with Crippen LogP contribution in [0.5, 0.6) is 5.75 Å². The maximum atomic E-state index is 12.2. The van der Waals surface area contributed by atoms with Gasteiger partial charge in [-0.1, -0.05) is 30.3 Å². The average Bonchev–Trinajstić information content (AvgIpc) is 2.50. The third-order valence-electron chi connectivity index (χ3n) is 3.22. The second-order valence-corrected chi connectivity index (χ2v) is 5.54. The largest absolute Gasteiger partial charge is 0.507 e. The Morgan fingerprint density at radius 1 is 0.952 bits per heavy atom. The van der Waals surface area contributed by atoms with Crippen LogP contribution in [0.3, 0.4) is 0 Å². The van der Waals surface area contributed by atoms with E-state index in [2.05, 4.69) is 21.2 Å². The molecule has 0 aromatic heterocycles. The van der Waals surface area contributed by atoms with Crippen molar-refractivity contribution in [1.29, 1.82) is 0 Å². The molecular weight excluding hydrogens is 330 g/mol. The van der Waals surface area contributed by atoms with Gasteiger partial charge < -0.3 is 10.4 Å². The Bertz CT molecular complexity index is 830. The lowest BCUT2D eigenvalue weighted by molar-refractivity contribution is 0.102. The molecule has 3 rings (SSSR count). The van der Waals surface area contributed by atoms with Crippen molar-refractivity contribution in [2.75, 3.05) is 5.32 Å². The molecule has 2 N–H and O–H groups in total. The highest BCUT2D eigenvalue weighted by Gasteiger charge is 2.08. The fourth-order valence-electron chi connectivity index (χ4n) is 2.12. The number of phenols is 1. The number of carbonyl (C=O) groups excluding carboxylic acids is 1. The molecule has 4 heteroatoms. The highest BCUT2D eigenvalue weighted by atomic mass is 79.9. The lowest BCUT2D eigenvalue weighted by atomic mass is 10.1. The van der Waals surface area contributed by atoms with Gasteiger partial charge in [-0.15, -0.1) is 0 Å². The van der Waals surface area contributed by atoms with Crippen molar-refractivity contribution in [3.63, 3.8) is 0 Å². The molecule has 21 heavy (non-hydrogen) atoms. The monoisotopic (exact) mass is 341 g/mol. The Hall–Kier alpha value is -2.33. The van der Waals surface area contributed by atoms with E-state index < -0.39 is 0 Å². The van der Waals surface area contributed by atoms with Crippen molar-refractivity contribution in [2.45, 2.75) is 0 Å². The van der Waals surface area contributed by atoms with Crippen molar-refractivity contribution in [3.8, 4) is 5.75 Å². The third kappa shape index (κ3) is 2.90. The molecule has 1 amide bonds. The lowest BCUT2D eigenvalue weighted by Gasteiger charge is -2.07. The molecule has 3 aromatic rings. The molecule has 104 valence electrons. The van der Waals surface area contributed by atoms with Crippen LogP contribution in [0.15, 0.2) is 65.1 Å². The molecule has 0 radical (unpaired) electrons. The molecule has 0 bridgehead atoms. The number of anilines is 1. The van der Waals surface area contributed by atoms with Crippen molar-refractivity contribution in [2.24, 2.45) is 0 Å². The van der Waals surface area contributed by atoms with Crippen molar-refractivity contribution < 1.29 is 9.90 Å². The second-order valence-electron chi connectivity index (χ2n) is 4.68. The second kappa shape index (κ2) is 5.58. The van der Waals surface area contributed by atoms with E-state index in [1.165, 1.54) is 6.07 Å². The summed E-state index contributed by atoms with van der Waals surface area (Å²) in [5.41, 5.74) is 1.13. The molecule has 0 aliphatic heterocycles. The normalized spacial score (nSPS) is 10.5. The van der Waals surface area contributed by atoms with Crippen LogP contribution in [0.1, 0.15) is 10.4 Å². The van der Waals surface area contributed by atoms with Crippen LogP contribution in [0, 0.1) is 0 Å². The molecular formula is C17H12BrNO2. The van der Waals surface area contributed by atoms with Gasteiger partial charge in [-0.2, -0.15) is 0 Å². The minimum atomic E-state index is -0.206. The lowest BCUT2D eigenvalue weighted by Crippen LogP contribution is -2.11. The highest BCUT2D eigenvalue weighted by Crippen LogP contribution is 2.27. The molecule has 0 aliphatic rings. The Morgan fingerprint density at radius 3 is 2.48 bits per heavy atom. The van der Waals surface area contributed by atoms with Crippen LogP contribution in [0.25, 0.3) is 10.8 Å². The number of aromatic hydroxyl groups is 1. The van der Waals surface area contributed by atoms with E-state index in [-0.39, 0.29) is 11.7 Å². The summed E-state index contributed by atoms with van der Waals surface area (Å²) >= 11 is 3.20. The number of fused-ring (bicyclic) bond motifs is 1. The Balaban J connectivity index is 1.87. The van der Waals surface area contributed by atoms with Gasteiger partial charge in [-0.3, -0.25) is 4.79 Å². The molecule has 0 spiro atoms. The number of amides is 1. The van der Waals surface area contributed by atoms with E-state index >= 15 is 0 Å². The predicted molar refractivity (Wildman–Crippen MR) is 87.7 cm³/mol. The first-order chi connectivity index (χ1) is 10.1. The molecule has 0 unspecified atom stereocenters.